The van der Waals surface area contributed by atoms with Crippen LogP contribution in [0.5, 0.6) is 0 Å². The van der Waals surface area contributed by atoms with Gasteiger partial charge in [-0.3, -0.25) is 15.1 Å². The normalized spacial score (nSPS) is 22.2. The average molecular weight is 376 g/mol. The fourth-order valence-electron chi connectivity index (χ4n) is 2.98. The molecular weight excluding hydrogens is 356 g/mol. The van der Waals surface area contributed by atoms with Crippen LogP contribution in [-0.4, -0.2) is 56.2 Å². The fourth-order valence-corrected chi connectivity index (χ4v) is 3.07. The molecule has 138 valence electrons. The zero-order chi connectivity index (χ0) is 18.5. The van der Waals surface area contributed by atoms with Crippen LogP contribution in [0.4, 0.5) is 21.0 Å². The van der Waals surface area contributed by atoms with Crippen molar-refractivity contribution in [1.82, 2.24) is 10.6 Å². The third-order valence-electron chi connectivity index (χ3n) is 4.18. The Morgan fingerprint density at radius 2 is 1.96 bits per heavy atom. The number of nitrogens with one attached hydrogen (secondary N) is 2. The molecule has 3 rings (SSSR count). The molecule has 0 bridgehead atoms. The molecule has 2 amide bonds. The predicted molar refractivity (Wildman–Crippen MR) is 102 cm³/mol. The summed E-state index contributed by atoms with van der Waals surface area (Å²) >= 11 is 4.82. The first kappa shape index (κ1) is 18.2. The molecule has 0 spiro atoms. The van der Waals surface area contributed by atoms with Gasteiger partial charge in [0.05, 0.1) is 12.0 Å². The van der Waals surface area contributed by atoms with E-state index in [-0.39, 0.29) is 12.1 Å². The van der Waals surface area contributed by atoms with Gasteiger partial charge < -0.3 is 14.8 Å². The van der Waals surface area contributed by atoms with Crippen molar-refractivity contribution in [2.45, 2.75) is 12.3 Å². The van der Waals surface area contributed by atoms with Crippen molar-refractivity contribution < 1.29 is 19.1 Å². The van der Waals surface area contributed by atoms with Crippen molar-refractivity contribution in [1.29, 1.82) is 0 Å². The minimum atomic E-state index is -0.490. The lowest BCUT2D eigenvalue weighted by molar-refractivity contribution is 0.113. The molecule has 2 aliphatic rings. The lowest BCUT2D eigenvalue weighted by Crippen LogP contribution is -2.49. The second kappa shape index (κ2) is 8.15. The van der Waals surface area contributed by atoms with Gasteiger partial charge in [0.25, 0.3) is 0 Å². The number of carbonyl (C=O) groups is 2. The van der Waals surface area contributed by atoms with Gasteiger partial charge in [-0.2, -0.15) is 0 Å². The average Bonchev–Trinajstić information content (AvgIpc) is 3.21. The molecule has 0 aliphatic carbocycles. The van der Waals surface area contributed by atoms with E-state index in [4.69, 9.17) is 21.7 Å². The highest BCUT2D eigenvalue weighted by Gasteiger charge is 2.42. The van der Waals surface area contributed by atoms with Crippen molar-refractivity contribution in [3.63, 3.8) is 0 Å². The number of thiocarbonyl (C=S) groups is 1. The zero-order valence-corrected chi connectivity index (χ0v) is 14.9. The van der Waals surface area contributed by atoms with E-state index in [2.05, 4.69) is 17.2 Å². The monoisotopic (exact) mass is 376 g/mol. The molecule has 0 saturated carbocycles. The smallest absolute Gasteiger partial charge is 0.416 e. The molecule has 2 saturated heterocycles. The number of carbonyl (C=O) groups excluding carboxylic acids is 2. The van der Waals surface area contributed by atoms with E-state index >= 15 is 0 Å². The molecule has 2 fully saturated rings. The number of amides is 2. The third-order valence-corrected chi connectivity index (χ3v) is 4.35. The van der Waals surface area contributed by atoms with Crippen LogP contribution in [-0.2, 0) is 9.47 Å². The molecule has 8 nitrogen and oxygen atoms in total. The summed E-state index contributed by atoms with van der Waals surface area (Å²) in [6.45, 7) is 5.49. The Labute approximate surface area is 156 Å². The van der Waals surface area contributed by atoms with Crippen molar-refractivity contribution >= 4 is 41.3 Å². The highest BCUT2D eigenvalue weighted by atomic mass is 32.1. The van der Waals surface area contributed by atoms with Gasteiger partial charge in [-0.05, 0) is 24.3 Å². The van der Waals surface area contributed by atoms with Crippen LogP contribution in [0.2, 0.25) is 0 Å². The lowest BCUT2D eigenvalue weighted by Gasteiger charge is -2.25. The number of ether oxygens (including phenoxy) is 2. The van der Waals surface area contributed by atoms with Gasteiger partial charge in [0, 0.05) is 24.5 Å². The summed E-state index contributed by atoms with van der Waals surface area (Å²) in [5.41, 5.74) is 2.80. The van der Waals surface area contributed by atoms with Gasteiger partial charge in [-0.25, -0.2) is 9.59 Å². The van der Waals surface area contributed by atoms with Gasteiger partial charge in [-0.1, -0.05) is 18.3 Å². The summed E-state index contributed by atoms with van der Waals surface area (Å²) < 4.78 is 10.4. The van der Waals surface area contributed by atoms with Crippen LogP contribution in [0.15, 0.2) is 36.9 Å². The largest absolute Gasteiger partial charge is 0.447 e. The van der Waals surface area contributed by atoms with Crippen molar-refractivity contribution in [3.8, 4) is 0 Å². The number of benzene rings is 1. The maximum atomic E-state index is 12.4. The molecule has 1 aromatic rings. The second-order valence-corrected chi connectivity index (χ2v) is 5.98. The Hall–Kier alpha value is -2.65. The third kappa shape index (κ3) is 3.63. The molecule has 2 atom stereocenters. The van der Waals surface area contributed by atoms with E-state index in [0.29, 0.717) is 31.9 Å². The summed E-state index contributed by atoms with van der Waals surface area (Å²) in [6, 6.07) is 6.84. The van der Waals surface area contributed by atoms with E-state index < -0.39 is 12.3 Å². The van der Waals surface area contributed by atoms with E-state index in [0.717, 1.165) is 5.69 Å². The van der Waals surface area contributed by atoms with Crippen LogP contribution >= 0.6 is 12.2 Å². The predicted octanol–water partition coefficient (Wildman–Crippen LogP) is 1.62. The Kier molecular flexibility index (Phi) is 5.69. The van der Waals surface area contributed by atoms with Gasteiger partial charge in [-0.15, -0.1) is 6.58 Å². The molecule has 1 aromatic carbocycles. The summed E-state index contributed by atoms with van der Waals surface area (Å²) in [7, 11) is 0. The SMILES string of the molecule is C=CCNC1OC(=O)N(c2ccc(N3CCOC3=O)cc2)C1CNC=S. The fraction of sp³-hybridized carbons (Fsp3) is 0.353. The van der Waals surface area contributed by atoms with Crippen LogP contribution < -0.4 is 20.4 Å². The number of hydrogen-bond acceptors (Lipinski definition) is 6. The van der Waals surface area contributed by atoms with Crippen molar-refractivity contribution in [3.05, 3.63) is 36.9 Å². The molecule has 2 heterocycles. The molecule has 0 aromatic heterocycles. The quantitative estimate of drug-likeness (QED) is 0.527. The molecule has 26 heavy (non-hydrogen) atoms. The first-order chi connectivity index (χ1) is 12.7. The summed E-state index contributed by atoms with van der Waals surface area (Å²) in [4.78, 5) is 27.2. The topological polar surface area (TPSA) is 83.1 Å². The van der Waals surface area contributed by atoms with E-state index in [1.807, 2.05) is 0 Å². The van der Waals surface area contributed by atoms with Crippen molar-refractivity contribution in [2.75, 3.05) is 36.0 Å². The minimum Gasteiger partial charge on any atom is -0.447 e. The highest BCUT2D eigenvalue weighted by molar-refractivity contribution is 7.78. The van der Waals surface area contributed by atoms with Gasteiger partial charge in [0.1, 0.15) is 12.6 Å². The van der Waals surface area contributed by atoms with E-state index in [9.17, 15) is 9.59 Å². The van der Waals surface area contributed by atoms with Gasteiger partial charge >= 0.3 is 12.2 Å². The van der Waals surface area contributed by atoms with Gasteiger partial charge in [0.2, 0.25) is 0 Å². The molecule has 2 aliphatic heterocycles. The minimum absolute atomic E-state index is 0.288. The molecule has 2 N–H and O–H groups in total. The first-order valence-corrected chi connectivity index (χ1v) is 8.68. The summed E-state index contributed by atoms with van der Waals surface area (Å²) in [5, 5.41) is 6.08. The number of nitrogens with zero attached hydrogens (tertiary/aromatic N) is 2. The summed E-state index contributed by atoms with van der Waals surface area (Å²) in [5.74, 6) is 0. The molecule has 9 heteroatoms. The lowest BCUT2D eigenvalue weighted by atomic mass is 10.2. The van der Waals surface area contributed by atoms with Crippen LogP contribution in [0.25, 0.3) is 0 Å². The van der Waals surface area contributed by atoms with Crippen LogP contribution in [0.1, 0.15) is 0 Å². The number of rotatable bonds is 8. The first-order valence-electron chi connectivity index (χ1n) is 8.21. The maximum Gasteiger partial charge on any atom is 0.416 e. The maximum absolute atomic E-state index is 12.4. The Morgan fingerprint density at radius 3 is 2.58 bits per heavy atom. The Balaban J connectivity index is 1.80. The van der Waals surface area contributed by atoms with E-state index in [1.54, 1.807) is 40.1 Å². The highest BCUT2D eigenvalue weighted by Crippen LogP contribution is 2.29. The number of cyclic esters (lactones) is 2. The van der Waals surface area contributed by atoms with Gasteiger partial charge in [0.15, 0.2) is 6.23 Å². The molecule has 2 unspecified atom stereocenters. The van der Waals surface area contributed by atoms with Crippen LogP contribution in [0, 0.1) is 0 Å². The zero-order valence-electron chi connectivity index (χ0n) is 14.1. The van der Waals surface area contributed by atoms with E-state index in [1.165, 1.54) is 5.49 Å². The molecule has 0 radical (unpaired) electrons. The number of hydrogen-bond donors (Lipinski definition) is 2. The Bertz CT molecular complexity index is 697. The van der Waals surface area contributed by atoms with Crippen LogP contribution in [0.3, 0.4) is 0 Å². The van der Waals surface area contributed by atoms with Crippen molar-refractivity contribution in [2.24, 2.45) is 0 Å². The summed E-state index contributed by atoms with van der Waals surface area (Å²) in [6.07, 6.45) is 0.395. The number of anilines is 2. The molecular formula is C17H20N4O4S. The second-order valence-electron chi connectivity index (χ2n) is 5.75. The standard InChI is InChI=1S/C17H20N4O4S/c1-2-7-19-15-14(10-18-11-26)21(17(23)25-15)13-5-3-12(4-6-13)20-8-9-24-16(20)22/h2-6,11,14-15,19H,1,7-10H2,(H,18,26). The Morgan fingerprint density at radius 1 is 1.23 bits per heavy atom.